The van der Waals surface area contributed by atoms with Gasteiger partial charge in [-0.05, 0) is 69.7 Å². The highest BCUT2D eigenvalue weighted by Crippen LogP contribution is 2.31. The van der Waals surface area contributed by atoms with Crippen molar-refractivity contribution in [2.45, 2.75) is 61.6 Å². The second-order valence-electron chi connectivity index (χ2n) is 13.3. The molecule has 4 fully saturated rings. The van der Waals surface area contributed by atoms with Gasteiger partial charge >= 0.3 is 0 Å². The van der Waals surface area contributed by atoms with Crippen LogP contribution in [0, 0.1) is 21.8 Å². The minimum Gasteiger partial charge on any atom is -0.493 e. The zero-order valence-corrected chi connectivity index (χ0v) is 27.5. The van der Waals surface area contributed by atoms with E-state index in [2.05, 4.69) is 24.7 Å². The molecule has 1 N–H and O–H groups in total. The van der Waals surface area contributed by atoms with E-state index >= 15 is 0 Å². The Labute approximate surface area is 277 Å². The minimum absolute atomic E-state index is 0.0185. The van der Waals surface area contributed by atoms with E-state index in [1.165, 1.54) is 6.07 Å². The van der Waals surface area contributed by atoms with Gasteiger partial charge in [-0.15, -0.1) is 0 Å². The lowest BCUT2D eigenvalue weighted by Crippen LogP contribution is -2.64. The highest BCUT2D eigenvalue weighted by atomic mass is 32.2. The molecule has 5 heterocycles. The summed E-state index contributed by atoms with van der Waals surface area (Å²) in [5, 5.41) is 11.4. The molecule has 0 aliphatic carbocycles. The summed E-state index contributed by atoms with van der Waals surface area (Å²) in [5.41, 5.74) is 1.09. The lowest BCUT2D eigenvalue weighted by molar-refractivity contribution is -0.384. The van der Waals surface area contributed by atoms with Gasteiger partial charge in [0.1, 0.15) is 22.8 Å². The monoisotopic (exact) mass is 666 g/mol. The van der Waals surface area contributed by atoms with Crippen LogP contribution in [0.5, 0.6) is 5.75 Å². The summed E-state index contributed by atoms with van der Waals surface area (Å²) >= 11 is 1.76. The molecule has 13 heteroatoms. The number of anilines is 1. The molecule has 11 nitrogen and oxygen atoms in total. The van der Waals surface area contributed by atoms with Crippen LogP contribution < -0.4 is 15.2 Å². The highest BCUT2D eigenvalue weighted by Gasteiger charge is 2.38. The van der Waals surface area contributed by atoms with Crippen molar-refractivity contribution in [1.29, 1.82) is 0 Å². The Morgan fingerprint density at radius 3 is 2.40 bits per heavy atom. The van der Waals surface area contributed by atoms with Gasteiger partial charge in [-0.25, -0.2) is 9.37 Å². The highest BCUT2D eigenvalue weighted by molar-refractivity contribution is 7.99. The number of nitro groups is 1. The number of nitrogens with one attached hydrogen (secondary N) is 1. The number of non-ortho nitro benzene ring substituents is 1. The number of hydrogen-bond acceptors (Lipinski definition) is 10. The third-order valence-corrected chi connectivity index (χ3v) is 11.7. The first-order valence-corrected chi connectivity index (χ1v) is 18.0. The number of aromatic nitrogens is 2. The molecule has 4 aliphatic rings. The number of hydrogen-bond donors (Lipinski definition) is 1. The molecule has 0 unspecified atom stereocenters. The molecule has 0 spiro atoms. The van der Waals surface area contributed by atoms with Crippen LogP contribution in [0.15, 0.2) is 41.2 Å². The van der Waals surface area contributed by atoms with E-state index < -0.39 is 11.4 Å². The predicted molar refractivity (Wildman–Crippen MR) is 181 cm³/mol. The Bertz CT molecular complexity index is 1600. The number of nitro benzene ring substituents is 1. The number of benzene rings is 2. The summed E-state index contributed by atoms with van der Waals surface area (Å²) in [6.45, 7) is 8.31. The summed E-state index contributed by atoms with van der Waals surface area (Å²) in [6.07, 6.45) is 6.29. The number of piperidine rings is 2. The van der Waals surface area contributed by atoms with Gasteiger partial charge in [-0.1, -0.05) is 0 Å². The smallest absolute Gasteiger partial charge is 0.269 e. The SMILES string of the molecule is O=c1[nH]c(CSC2CCOCC2)nc2cc(OCC3CCN(C4CN(C5CCN(c6ccc([N+](=O)[O-])cc6)CC5)C4)CC3)cc(F)c12. The van der Waals surface area contributed by atoms with E-state index in [9.17, 15) is 19.3 Å². The summed E-state index contributed by atoms with van der Waals surface area (Å²) in [6, 6.07) is 11.1. The van der Waals surface area contributed by atoms with Gasteiger partial charge in [0, 0.05) is 86.7 Å². The Morgan fingerprint density at radius 1 is 0.979 bits per heavy atom. The molecule has 7 rings (SSSR count). The van der Waals surface area contributed by atoms with Crippen molar-refractivity contribution in [3.8, 4) is 5.75 Å². The predicted octanol–water partition coefficient (Wildman–Crippen LogP) is 4.83. The van der Waals surface area contributed by atoms with E-state index in [0.29, 0.717) is 52.7 Å². The first kappa shape index (κ1) is 32.3. The molecule has 3 aromatic rings. The van der Waals surface area contributed by atoms with Crippen LogP contribution in [-0.2, 0) is 10.5 Å². The summed E-state index contributed by atoms with van der Waals surface area (Å²) < 4.78 is 26.5. The summed E-state index contributed by atoms with van der Waals surface area (Å²) in [4.78, 5) is 38.2. The molecule has 0 bridgehead atoms. The van der Waals surface area contributed by atoms with E-state index in [0.717, 1.165) is 96.7 Å². The first-order valence-electron chi connectivity index (χ1n) is 16.9. The maximum absolute atomic E-state index is 15.0. The van der Waals surface area contributed by atoms with Crippen LogP contribution in [0.3, 0.4) is 0 Å². The van der Waals surface area contributed by atoms with Gasteiger partial charge in [0.25, 0.3) is 11.2 Å². The fourth-order valence-corrected chi connectivity index (χ4v) is 8.49. The fraction of sp³-hybridized carbons (Fsp3) is 0.588. The van der Waals surface area contributed by atoms with Gasteiger partial charge in [0.05, 0.1) is 22.8 Å². The van der Waals surface area contributed by atoms with Crippen LogP contribution in [0.2, 0.25) is 0 Å². The molecule has 1 aromatic heterocycles. The number of fused-ring (bicyclic) bond motifs is 1. The molecule has 4 saturated heterocycles. The number of ether oxygens (including phenoxy) is 2. The average Bonchev–Trinajstić information content (AvgIpc) is 3.07. The van der Waals surface area contributed by atoms with Gasteiger partial charge in [0.2, 0.25) is 0 Å². The zero-order valence-electron chi connectivity index (χ0n) is 26.7. The number of H-pyrrole nitrogens is 1. The van der Waals surface area contributed by atoms with Crippen LogP contribution in [0.4, 0.5) is 15.8 Å². The second-order valence-corrected chi connectivity index (χ2v) is 14.6. The number of nitrogens with zero attached hydrogens (tertiary/aromatic N) is 5. The Kier molecular flexibility index (Phi) is 9.94. The van der Waals surface area contributed by atoms with Crippen molar-refractivity contribution in [3.05, 3.63) is 68.5 Å². The van der Waals surface area contributed by atoms with Gasteiger partial charge in [-0.3, -0.25) is 24.7 Å². The normalized spacial score (nSPS) is 21.3. The second kappa shape index (κ2) is 14.5. The standard InChI is InChI=1S/C34H43FN6O5S/c35-30-17-28(18-31-33(30)34(42)37-32(36-31)22-47-29-9-15-45-16-10-29)46-21-23-5-11-39(12-6-23)27-19-40(20-27)25-7-13-38(14-8-25)24-1-3-26(4-2-24)41(43)44/h1-4,17-18,23,25,27,29H,5-16,19-22H2,(H,36,37,42). The average molecular weight is 667 g/mol. The molecule has 252 valence electrons. The Morgan fingerprint density at radius 2 is 1.70 bits per heavy atom. The quantitative estimate of drug-likeness (QED) is 0.238. The van der Waals surface area contributed by atoms with Gasteiger partial charge in [-0.2, -0.15) is 11.8 Å². The number of rotatable bonds is 10. The fourth-order valence-electron chi connectivity index (χ4n) is 7.43. The number of likely N-dealkylation sites (tertiary alicyclic amines) is 2. The van der Waals surface area contributed by atoms with E-state index in [4.69, 9.17) is 9.47 Å². The van der Waals surface area contributed by atoms with Crippen LogP contribution in [-0.4, -0.2) is 101 Å². The topological polar surface area (TPSA) is 117 Å². The van der Waals surface area contributed by atoms with Gasteiger partial charge in [0.15, 0.2) is 0 Å². The van der Waals surface area contributed by atoms with Crippen molar-refractivity contribution in [1.82, 2.24) is 19.8 Å². The number of thioether (sulfide) groups is 1. The lowest BCUT2D eigenvalue weighted by atomic mass is 9.92. The molecule has 0 atom stereocenters. The maximum atomic E-state index is 15.0. The molecule has 0 saturated carbocycles. The maximum Gasteiger partial charge on any atom is 0.269 e. The van der Waals surface area contributed by atoms with Crippen molar-refractivity contribution in [2.75, 3.05) is 64.0 Å². The third-order valence-electron chi connectivity index (χ3n) is 10.4. The Balaban J connectivity index is 0.843. The van der Waals surface area contributed by atoms with Crippen LogP contribution in [0.1, 0.15) is 44.3 Å². The Hall–Kier alpha value is -3.26. The van der Waals surface area contributed by atoms with E-state index in [1.807, 2.05) is 12.1 Å². The molecular formula is C34H43FN6O5S. The van der Waals surface area contributed by atoms with Crippen molar-refractivity contribution in [3.63, 3.8) is 0 Å². The largest absolute Gasteiger partial charge is 0.493 e. The molecule has 0 amide bonds. The molecule has 0 radical (unpaired) electrons. The third kappa shape index (κ3) is 7.58. The van der Waals surface area contributed by atoms with Gasteiger partial charge < -0.3 is 19.4 Å². The molecular weight excluding hydrogens is 623 g/mol. The van der Waals surface area contributed by atoms with Crippen molar-refractivity contribution in [2.24, 2.45) is 5.92 Å². The molecule has 4 aliphatic heterocycles. The van der Waals surface area contributed by atoms with E-state index in [1.54, 1.807) is 30.0 Å². The van der Waals surface area contributed by atoms with Crippen LogP contribution >= 0.6 is 11.8 Å². The number of aromatic amines is 1. The summed E-state index contributed by atoms with van der Waals surface area (Å²) in [5.74, 6) is 1.36. The first-order chi connectivity index (χ1) is 22.9. The molecule has 47 heavy (non-hydrogen) atoms. The van der Waals surface area contributed by atoms with Crippen LogP contribution in [0.25, 0.3) is 10.9 Å². The van der Waals surface area contributed by atoms with E-state index in [-0.39, 0.29) is 16.0 Å². The lowest BCUT2D eigenvalue weighted by Gasteiger charge is -2.52. The number of halogens is 1. The van der Waals surface area contributed by atoms with Crippen molar-refractivity contribution >= 4 is 34.0 Å². The zero-order chi connectivity index (χ0) is 32.3. The minimum atomic E-state index is -0.601. The molecule has 2 aromatic carbocycles. The summed E-state index contributed by atoms with van der Waals surface area (Å²) in [7, 11) is 0. The van der Waals surface area contributed by atoms with Crippen molar-refractivity contribution < 1.29 is 18.8 Å².